The third-order valence-electron chi connectivity index (χ3n) is 4.34. The van der Waals surface area contributed by atoms with Crippen LogP contribution in [0.2, 0.25) is 5.02 Å². The van der Waals surface area contributed by atoms with Gasteiger partial charge in [-0.2, -0.15) is 0 Å². The van der Waals surface area contributed by atoms with Gasteiger partial charge >= 0.3 is 0 Å². The quantitative estimate of drug-likeness (QED) is 0.899. The molecule has 1 aliphatic heterocycles. The van der Waals surface area contributed by atoms with Gasteiger partial charge in [-0.15, -0.1) is 0 Å². The summed E-state index contributed by atoms with van der Waals surface area (Å²) in [6.07, 6.45) is 0. The Morgan fingerprint density at radius 1 is 1.40 bits per heavy atom. The topological polar surface area (TPSA) is 32.5 Å². The zero-order valence-corrected chi connectivity index (χ0v) is 14.7. The molecule has 0 spiro atoms. The Balaban J connectivity index is 2.22. The van der Waals surface area contributed by atoms with E-state index >= 15 is 0 Å². The number of likely N-dealkylation sites (N-methyl/N-ethyl adjacent to an activating group) is 1. The summed E-state index contributed by atoms with van der Waals surface area (Å²) in [5.74, 6) is 0. The maximum absolute atomic E-state index is 6.08. The lowest BCUT2D eigenvalue weighted by Crippen LogP contribution is -2.58. The Morgan fingerprint density at radius 2 is 2.10 bits per heavy atom. The van der Waals surface area contributed by atoms with Crippen molar-refractivity contribution in [2.24, 2.45) is 5.73 Å². The van der Waals surface area contributed by atoms with Crippen LogP contribution in [0.3, 0.4) is 0 Å². The second kappa shape index (κ2) is 6.32. The molecule has 1 fully saturated rings. The maximum Gasteiger partial charge on any atom is 0.0548 e. The molecular formula is C15H23BrClN3. The predicted molar refractivity (Wildman–Crippen MR) is 89.2 cm³/mol. The van der Waals surface area contributed by atoms with Gasteiger partial charge in [-0.05, 0) is 54.5 Å². The van der Waals surface area contributed by atoms with Gasteiger partial charge in [0, 0.05) is 42.2 Å². The SMILES string of the molecule is CN1CCN(C(CN)c2ccc(Cl)c(Br)c2)CC1(C)C. The molecule has 1 aromatic carbocycles. The van der Waals surface area contributed by atoms with Crippen LogP contribution in [0.25, 0.3) is 0 Å². The number of nitrogens with zero attached hydrogens (tertiary/aromatic N) is 2. The van der Waals surface area contributed by atoms with Crippen LogP contribution in [-0.4, -0.2) is 48.6 Å². The van der Waals surface area contributed by atoms with Crippen LogP contribution in [0.5, 0.6) is 0 Å². The zero-order valence-electron chi connectivity index (χ0n) is 12.4. The first-order valence-electron chi connectivity index (χ1n) is 6.95. The molecule has 0 saturated carbocycles. The lowest BCUT2D eigenvalue weighted by Gasteiger charge is -2.48. The monoisotopic (exact) mass is 359 g/mol. The van der Waals surface area contributed by atoms with Crippen molar-refractivity contribution in [3.05, 3.63) is 33.3 Å². The van der Waals surface area contributed by atoms with Crippen molar-refractivity contribution in [1.82, 2.24) is 9.80 Å². The summed E-state index contributed by atoms with van der Waals surface area (Å²) in [5.41, 5.74) is 7.45. The van der Waals surface area contributed by atoms with E-state index in [1.165, 1.54) is 5.56 Å². The van der Waals surface area contributed by atoms with E-state index in [1.54, 1.807) is 0 Å². The van der Waals surface area contributed by atoms with E-state index in [0.717, 1.165) is 29.1 Å². The smallest absolute Gasteiger partial charge is 0.0548 e. The Labute approximate surface area is 135 Å². The molecule has 0 amide bonds. The van der Waals surface area contributed by atoms with Gasteiger partial charge in [-0.3, -0.25) is 9.80 Å². The zero-order chi connectivity index (χ0) is 14.9. The molecule has 1 saturated heterocycles. The lowest BCUT2D eigenvalue weighted by atomic mass is 9.96. The lowest BCUT2D eigenvalue weighted by molar-refractivity contribution is 0.0180. The number of hydrogen-bond acceptors (Lipinski definition) is 3. The minimum atomic E-state index is 0.176. The molecule has 1 aliphatic rings. The van der Waals surface area contributed by atoms with Crippen molar-refractivity contribution in [2.75, 3.05) is 33.2 Å². The average molecular weight is 361 g/mol. The first-order chi connectivity index (χ1) is 9.35. The minimum absolute atomic E-state index is 0.176. The van der Waals surface area contributed by atoms with Crippen molar-refractivity contribution >= 4 is 27.5 Å². The second-order valence-electron chi connectivity index (χ2n) is 6.13. The van der Waals surface area contributed by atoms with E-state index in [-0.39, 0.29) is 11.6 Å². The molecule has 2 N–H and O–H groups in total. The minimum Gasteiger partial charge on any atom is -0.329 e. The number of hydrogen-bond donors (Lipinski definition) is 1. The molecule has 0 aromatic heterocycles. The highest BCUT2D eigenvalue weighted by Gasteiger charge is 2.34. The largest absolute Gasteiger partial charge is 0.329 e. The summed E-state index contributed by atoms with van der Waals surface area (Å²) in [6, 6.07) is 6.35. The molecule has 20 heavy (non-hydrogen) atoms. The average Bonchev–Trinajstić information content (AvgIpc) is 2.38. The Bertz CT molecular complexity index is 478. The Hall–Kier alpha value is -0.130. The summed E-state index contributed by atoms with van der Waals surface area (Å²) in [7, 11) is 2.19. The summed E-state index contributed by atoms with van der Waals surface area (Å²) in [5, 5.41) is 0.739. The highest BCUT2D eigenvalue weighted by Crippen LogP contribution is 2.31. The molecule has 1 atom stereocenters. The number of nitrogens with two attached hydrogens (primary N) is 1. The highest BCUT2D eigenvalue weighted by molar-refractivity contribution is 9.10. The van der Waals surface area contributed by atoms with Crippen LogP contribution < -0.4 is 5.73 Å². The molecule has 0 bridgehead atoms. The van der Waals surface area contributed by atoms with Gasteiger partial charge in [0.05, 0.1) is 5.02 Å². The Kier molecular flexibility index (Phi) is 5.14. The van der Waals surface area contributed by atoms with Crippen molar-refractivity contribution in [3.63, 3.8) is 0 Å². The first kappa shape index (κ1) is 16.2. The summed E-state index contributed by atoms with van der Waals surface area (Å²) < 4.78 is 0.934. The molecule has 0 aliphatic carbocycles. The van der Waals surface area contributed by atoms with E-state index in [9.17, 15) is 0 Å². The standard InChI is InChI=1S/C15H23BrClN3/c1-15(2)10-20(7-6-19(15)3)14(9-18)11-4-5-13(17)12(16)8-11/h4-5,8,14H,6-7,9-10,18H2,1-3H3. The van der Waals surface area contributed by atoms with Crippen LogP contribution in [0.1, 0.15) is 25.5 Å². The van der Waals surface area contributed by atoms with Crippen LogP contribution in [0.15, 0.2) is 22.7 Å². The molecule has 2 rings (SSSR count). The van der Waals surface area contributed by atoms with E-state index in [4.69, 9.17) is 17.3 Å². The number of piperazine rings is 1. The van der Waals surface area contributed by atoms with Crippen molar-refractivity contribution < 1.29 is 0 Å². The van der Waals surface area contributed by atoms with Gasteiger partial charge in [0.1, 0.15) is 0 Å². The fourth-order valence-corrected chi connectivity index (χ4v) is 3.27. The maximum atomic E-state index is 6.08. The molecule has 0 radical (unpaired) electrons. The van der Waals surface area contributed by atoms with Crippen LogP contribution in [-0.2, 0) is 0 Å². The van der Waals surface area contributed by atoms with Gasteiger partial charge in [-0.25, -0.2) is 0 Å². The summed E-state index contributed by atoms with van der Waals surface area (Å²) in [4.78, 5) is 4.89. The molecule has 1 unspecified atom stereocenters. The van der Waals surface area contributed by atoms with E-state index in [2.05, 4.69) is 58.8 Å². The van der Waals surface area contributed by atoms with E-state index < -0.39 is 0 Å². The second-order valence-corrected chi connectivity index (χ2v) is 7.39. The highest BCUT2D eigenvalue weighted by atomic mass is 79.9. The van der Waals surface area contributed by atoms with Gasteiger partial charge in [0.25, 0.3) is 0 Å². The van der Waals surface area contributed by atoms with Gasteiger partial charge in [0.2, 0.25) is 0 Å². The van der Waals surface area contributed by atoms with Crippen molar-refractivity contribution in [1.29, 1.82) is 0 Å². The van der Waals surface area contributed by atoms with Crippen molar-refractivity contribution in [3.8, 4) is 0 Å². The number of halogens is 2. The number of rotatable bonds is 3. The van der Waals surface area contributed by atoms with Crippen LogP contribution >= 0.6 is 27.5 Å². The van der Waals surface area contributed by atoms with Crippen LogP contribution in [0, 0.1) is 0 Å². The third kappa shape index (κ3) is 3.37. The van der Waals surface area contributed by atoms with E-state index in [1.807, 2.05) is 6.07 Å². The van der Waals surface area contributed by atoms with E-state index in [0.29, 0.717) is 6.54 Å². The number of benzene rings is 1. The fraction of sp³-hybridized carbons (Fsp3) is 0.600. The van der Waals surface area contributed by atoms with Gasteiger partial charge < -0.3 is 5.73 Å². The molecule has 3 nitrogen and oxygen atoms in total. The molecule has 1 heterocycles. The summed E-state index contributed by atoms with van der Waals surface area (Å²) in [6.45, 7) is 8.31. The fourth-order valence-electron chi connectivity index (χ4n) is 2.76. The predicted octanol–water partition coefficient (Wildman–Crippen LogP) is 3.13. The summed E-state index contributed by atoms with van der Waals surface area (Å²) >= 11 is 9.58. The third-order valence-corrected chi connectivity index (χ3v) is 5.55. The van der Waals surface area contributed by atoms with Gasteiger partial charge in [0.15, 0.2) is 0 Å². The van der Waals surface area contributed by atoms with Crippen molar-refractivity contribution in [2.45, 2.75) is 25.4 Å². The first-order valence-corrected chi connectivity index (χ1v) is 8.12. The molecule has 112 valence electrons. The normalized spacial score (nSPS) is 21.9. The Morgan fingerprint density at radius 3 is 2.65 bits per heavy atom. The van der Waals surface area contributed by atoms with Crippen LogP contribution in [0.4, 0.5) is 0 Å². The molecule has 1 aromatic rings. The van der Waals surface area contributed by atoms with Gasteiger partial charge in [-0.1, -0.05) is 17.7 Å². The molecular weight excluding hydrogens is 338 g/mol. The molecule has 5 heteroatoms.